The summed E-state index contributed by atoms with van der Waals surface area (Å²) >= 11 is 1.14. The van der Waals surface area contributed by atoms with E-state index in [1.165, 1.54) is 19.1 Å². The van der Waals surface area contributed by atoms with E-state index in [0.717, 1.165) is 11.3 Å². The van der Waals surface area contributed by atoms with Gasteiger partial charge in [-0.2, -0.15) is 0 Å². The Balaban J connectivity index is 2.05. The largest absolute Gasteiger partial charge is 0.302 e. The van der Waals surface area contributed by atoms with Crippen molar-refractivity contribution in [1.82, 2.24) is 4.98 Å². The lowest BCUT2D eigenvalue weighted by molar-refractivity contribution is -0.115. The number of nitrogens with one attached hydrogen (secondary N) is 1. The van der Waals surface area contributed by atoms with Gasteiger partial charge in [-0.3, -0.25) is 9.59 Å². The van der Waals surface area contributed by atoms with E-state index < -0.39 is 9.84 Å². The van der Waals surface area contributed by atoms with E-state index in [4.69, 9.17) is 0 Å². The number of hydrogen-bond acceptors (Lipinski definition) is 6. The van der Waals surface area contributed by atoms with E-state index >= 15 is 0 Å². The van der Waals surface area contributed by atoms with Crippen LogP contribution >= 0.6 is 11.3 Å². The molecular weight excluding hydrogens is 348 g/mol. The second-order valence-corrected chi connectivity index (χ2v) is 8.54. The van der Waals surface area contributed by atoms with Crippen LogP contribution in [0, 0.1) is 6.92 Å². The van der Waals surface area contributed by atoms with Crippen LogP contribution in [0.5, 0.6) is 0 Å². The van der Waals surface area contributed by atoms with Crippen molar-refractivity contribution in [3.05, 3.63) is 40.4 Å². The average Bonchev–Trinajstić information content (AvgIpc) is 2.88. The first-order valence-electron chi connectivity index (χ1n) is 7.33. The Morgan fingerprint density at radius 2 is 1.83 bits per heavy atom. The third kappa shape index (κ3) is 4.27. The maximum atomic E-state index is 12.1. The predicted molar refractivity (Wildman–Crippen MR) is 93.4 cm³/mol. The molecule has 0 bridgehead atoms. The Labute approximate surface area is 144 Å². The summed E-state index contributed by atoms with van der Waals surface area (Å²) in [6.45, 7) is 4.76. The Morgan fingerprint density at radius 3 is 2.33 bits per heavy atom. The normalized spacial score (nSPS) is 11.3. The van der Waals surface area contributed by atoms with Crippen LogP contribution in [0.15, 0.2) is 29.2 Å². The van der Waals surface area contributed by atoms with Crippen molar-refractivity contribution in [2.24, 2.45) is 0 Å². The van der Waals surface area contributed by atoms with Crippen molar-refractivity contribution >= 4 is 38.0 Å². The highest BCUT2D eigenvalue weighted by atomic mass is 32.2. The molecule has 8 heteroatoms. The first kappa shape index (κ1) is 18.3. The molecule has 2 aromatic rings. The standard InChI is InChI=1S/C16H18N2O4S2/c1-4-24(21,22)13-7-5-12(6-8-13)9-14(20)18-16-17-10(2)15(23-16)11(3)19/h5-8H,4,9H2,1-3H3,(H,17,18,20). The summed E-state index contributed by atoms with van der Waals surface area (Å²) in [6, 6.07) is 6.25. The molecule has 1 aromatic carbocycles. The first-order valence-corrected chi connectivity index (χ1v) is 9.79. The highest BCUT2D eigenvalue weighted by Crippen LogP contribution is 2.23. The molecule has 0 aliphatic rings. The Kier molecular flexibility index (Phi) is 5.51. The number of carbonyl (C=O) groups excluding carboxylic acids is 2. The average molecular weight is 366 g/mol. The summed E-state index contributed by atoms with van der Waals surface area (Å²) < 4.78 is 23.5. The number of sulfone groups is 1. The number of aromatic nitrogens is 1. The minimum Gasteiger partial charge on any atom is -0.302 e. The third-order valence-corrected chi connectivity index (χ3v) is 6.31. The van der Waals surface area contributed by atoms with Gasteiger partial charge in [-0.1, -0.05) is 30.4 Å². The molecule has 0 saturated heterocycles. The van der Waals surface area contributed by atoms with Gasteiger partial charge in [0.05, 0.1) is 27.6 Å². The Morgan fingerprint density at radius 1 is 1.21 bits per heavy atom. The fraction of sp³-hybridized carbons (Fsp3) is 0.312. The number of ketones is 1. The van der Waals surface area contributed by atoms with Crippen molar-refractivity contribution in [3.8, 4) is 0 Å². The van der Waals surface area contributed by atoms with Crippen LogP contribution in [-0.4, -0.2) is 30.8 Å². The van der Waals surface area contributed by atoms with Gasteiger partial charge in [0, 0.05) is 6.92 Å². The van der Waals surface area contributed by atoms with Crippen LogP contribution in [0.25, 0.3) is 0 Å². The number of anilines is 1. The van der Waals surface area contributed by atoms with Crippen molar-refractivity contribution in [2.75, 3.05) is 11.1 Å². The molecule has 0 radical (unpaired) electrons. The highest BCUT2D eigenvalue weighted by Gasteiger charge is 2.14. The molecule has 0 atom stereocenters. The zero-order chi connectivity index (χ0) is 17.9. The van der Waals surface area contributed by atoms with Crippen LogP contribution in [0.3, 0.4) is 0 Å². The van der Waals surface area contributed by atoms with Gasteiger partial charge in [-0.15, -0.1) is 0 Å². The molecular formula is C16H18N2O4S2. The van der Waals surface area contributed by atoms with Crippen LogP contribution in [-0.2, 0) is 21.1 Å². The maximum absolute atomic E-state index is 12.1. The Hall–Kier alpha value is -2.06. The number of carbonyl (C=O) groups is 2. The number of Topliss-reactive ketones (excluding diaryl/α,β-unsaturated/α-hetero) is 1. The number of thiazole rings is 1. The Bertz CT molecular complexity index is 868. The van der Waals surface area contributed by atoms with Gasteiger partial charge >= 0.3 is 0 Å². The number of benzene rings is 1. The maximum Gasteiger partial charge on any atom is 0.230 e. The molecule has 0 aliphatic heterocycles. The fourth-order valence-corrected chi connectivity index (χ4v) is 3.87. The van der Waals surface area contributed by atoms with Crippen LogP contribution in [0.4, 0.5) is 5.13 Å². The van der Waals surface area contributed by atoms with E-state index in [1.807, 2.05) is 0 Å². The van der Waals surface area contributed by atoms with Crippen molar-refractivity contribution in [2.45, 2.75) is 32.1 Å². The summed E-state index contributed by atoms with van der Waals surface area (Å²) in [7, 11) is -3.24. The molecule has 0 fully saturated rings. The second kappa shape index (κ2) is 7.23. The lowest BCUT2D eigenvalue weighted by Gasteiger charge is -2.04. The van der Waals surface area contributed by atoms with Crippen molar-refractivity contribution < 1.29 is 18.0 Å². The molecule has 1 heterocycles. The first-order chi connectivity index (χ1) is 11.2. The van der Waals surface area contributed by atoms with E-state index in [0.29, 0.717) is 21.3 Å². The molecule has 0 unspecified atom stereocenters. The molecule has 0 saturated carbocycles. The van der Waals surface area contributed by atoms with Gasteiger partial charge in [0.25, 0.3) is 0 Å². The smallest absolute Gasteiger partial charge is 0.230 e. The molecule has 1 aromatic heterocycles. The number of rotatable bonds is 6. The second-order valence-electron chi connectivity index (χ2n) is 5.26. The van der Waals surface area contributed by atoms with Crippen LogP contribution in [0.1, 0.15) is 34.8 Å². The predicted octanol–water partition coefficient (Wildman–Crippen LogP) is 2.63. The van der Waals surface area contributed by atoms with Gasteiger partial charge in [0.2, 0.25) is 5.91 Å². The SMILES string of the molecule is CCS(=O)(=O)c1ccc(CC(=O)Nc2nc(C)c(C(C)=O)s2)cc1. The number of hydrogen-bond donors (Lipinski definition) is 1. The zero-order valence-corrected chi connectivity index (χ0v) is 15.3. The summed E-state index contributed by atoms with van der Waals surface area (Å²) in [5.41, 5.74) is 1.29. The molecule has 0 aliphatic carbocycles. The van der Waals surface area contributed by atoms with Gasteiger partial charge in [0.15, 0.2) is 20.8 Å². The molecule has 24 heavy (non-hydrogen) atoms. The molecule has 6 nitrogen and oxygen atoms in total. The van der Waals surface area contributed by atoms with Gasteiger partial charge < -0.3 is 5.32 Å². The molecule has 0 spiro atoms. The lowest BCUT2D eigenvalue weighted by Crippen LogP contribution is -2.14. The third-order valence-electron chi connectivity index (χ3n) is 3.39. The summed E-state index contributed by atoms with van der Waals surface area (Å²) in [4.78, 5) is 28.4. The summed E-state index contributed by atoms with van der Waals surface area (Å²) in [6.07, 6.45) is 0.0977. The number of nitrogens with zero attached hydrogens (tertiary/aromatic N) is 1. The monoisotopic (exact) mass is 366 g/mol. The minimum atomic E-state index is -3.24. The fourth-order valence-electron chi connectivity index (χ4n) is 2.11. The highest BCUT2D eigenvalue weighted by molar-refractivity contribution is 7.91. The quantitative estimate of drug-likeness (QED) is 0.793. The molecule has 1 amide bonds. The van der Waals surface area contributed by atoms with Crippen LogP contribution in [0.2, 0.25) is 0 Å². The number of amides is 1. The van der Waals surface area contributed by atoms with E-state index in [2.05, 4.69) is 10.3 Å². The van der Waals surface area contributed by atoms with E-state index in [9.17, 15) is 18.0 Å². The van der Waals surface area contributed by atoms with Crippen LogP contribution < -0.4 is 5.32 Å². The zero-order valence-electron chi connectivity index (χ0n) is 13.6. The van der Waals surface area contributed by atoms with E-state index in [1.54, 1.807) is 26.0 Å². The molecule has 1 N–H and O–H groups in total. The van der Waals surface area contributed by atoms with Gasteiger partial charge in [0.1, 0.15) is 0 Å². The summed E-state index contributed by atoms with van der Waals surface area (Å²) in [5, 5.41) is 3.04. The lowest BCUT2D eigenvalue weighted by atomic mass is 10.1. The summed E-state index contributed by atoms with van der Waals surface area (Å²) in [5.74, 6) is -0.322. The molecule has 2 rings (SSSR count). The minimum absolute atomic E-state index is 0.0364. The topological polar surface area (TPSA) is 93.2 Å². The van der Waals surface area contributed by atoms with Gasteiger partial charge in [-0.05, 0) is 24.6 Å². The van der Waals surface area contributed by atoms with Gasteiger partial charge in [-0.25, -0.2) is 13.4 Å². The van der Waals surface area contributed by atoms with E-state index in [-0.39, 0.29) is 28.8 Å². The number of aryl methyl sites for hydroxylation is 1. The van der Waals surface area contributed by atoms with Crippen molar-refractivity contribution in [3.63, 3.8) is 0 Å². The molecule has 128 valence electrons. The van der Waals surface area contributed by atoms with Crippen molar-refractivity contribution in [1.29, 1.82) is 0 Å².